The summed E-state index contributed by atoms with van der Waals surface area (Å²) in [6.07, 6.45) is 4.07. The van der Waals surface area contributed by atoms with E-state index in [2.05, 4.69) is 20.3 Å². The summed E-state index contributed by atoms with van der Waals surface area (Å²) in [5.74, 6) is 0.645. The third kappa shape index (κ3) is 3.53. The third-order valence-corrected chi connectivity index (χ3v) is 5.02. The van der Waals surface area contributed by atoms with E-state index in [-0.39, 0.29) is 11.1 Å². The molecule has 0 bridgehead atoms. The number of carbonyl (C=O) groups excluding carboxylic acids is 1. The van der Waals surface area contributed by atoms with E-state index in [1.807, 2.05) is 42.5 Å². The normalized spacial score (nSPS) is 13.8. The highest BCUT2D eigenvalue weighted by Crippen LogP contribution is 2.25. The predicted molar refractivity (Wildman–Crippen MR) is 107 cm³/mol. The lowest BCUT2D eigenvalue weighted by Gasteiger charge is -2.16. The minimum atomic E-state index is -0.296. The maximum absolute atomic E-state index is 12.8. The van der Waals surface area contributed by atoms with Crippen LogP contribution in [0.5, 0.6) is 0 Å². The molecule has 4 rings (SSSR count). The van der Waals surface area contributed by atoms with Crippen LogP contribution in [0, 0.1) is 6.92 Å². The number of hydrogen-bond acceptors (Lipinski definition) is 4. The van der Waals surface area contributed by atoms with E-state index in [0.717, 1.165) is 24.6 Å². The molecule has 1 N–H and O–H groups in total. The highest BCUT2D eigenvalue weighted by atomic mass is 35.5. The number of benzene rings is 1. The van der Waals surface area contributed by atoms with Crippen LogP contribution in [0.4, 0.5) is 11.5 Å². The van der Waals surface area contributed by atoms with Gasteiger partial charge in [-0.05, 0) is 44.0 Å². The Morgan fingerprint density at radius 2 is 1.85 bits per heavy atom. The van der Waals surface area contributed by atoms with Gasteiger partial charge in [0, 0.05) is 13.1 Å². The van der Waals surface area contributed by atoms with Gasteiger partial charge in [0.1, 0.15) is 16.5 Å². The van der Waals surface area contributed by atoms with Gasteiger partial charge in [-0.1, -0.05) is 29.8 Å². The monoisotopic (exact) mass is 381 g/mol. The van der Waals surface area contributed by atoms with Gasteiger partial charge in [0.25, 0.3) is 5.91 Å². The highest BCUT2D eigenvalue weighted by Gasteiger charge is 2.21. The van der Waals surface area contributed by atoms with Gasteiger partial charge in [-0.2, -0.15) is 5.10 Å². The number of para-hydroxylation sites is 1. The molecule has 2 aromatic heterocycles. The van der Waals surface area contributed by atoms with Gasteiger partial charge in [-0.15, -0.1) is 0 Å². The van der Waals surface area contributed by atoms with E-state index in [4.69, 9.17) is 11.6 Å². The molecule has 138 valence electrons. The fourth-order valence-corrected chi connectivity index (χ4v) is 3.64. The zero-order chi connectivity index (χ0) is 18.8. The Bertz CT molecular complexity index is 947. The molecule has 0 spiro atoms. The summed E-state index contributed by atoms with van der Waals surface area (Å²) in [5, 5.41) is 7.57. The molecule has 0 atom stereocenters. The average molecular weight is 382 g/mol. The molecule has 1 amide bonds. The van der Waals surface area contributed by atoms with Crippen molar-refractivity contribution in [1.82, 2.24) is 14.8 Å². The molecule has 1 fully saturated rings. The molecule has 1 aliphatic heterocycles. The lowest BCUT2D eigenvalue weighted by molar-refractivity contribution is 0.102. The maximum Gasteiger partial charge on any atom is 0.260 e. The number of anilines is 2. The first-order valence-electron chi connectivity index (χ1n) is 8.96. The smallest absolute Gasteiger partial charge is 0.260 e. The van der Waals surface area contributed by atoms with E-state index >= 15 is 0 Å². The number of hydrogen-bond donors (Lipinski definition) is 1. The van der Waals surface area contributed by atoms with E-state index in [1.54, 1.807) is 17.8 Å². The Balaban J connectivity index is 1.54. The van der Waals surface area contributed by atoms with Crippen molar-refractivity contribution >= 4 is 29.0 Å². The SMILES string of the molecule is Cc1nn(-c2ccccc2)c(Cl)c1C(=O)Nc1ccc(N2CCCC2)nc1. The van der Waals surface area contributed by atoms with Crippen molar-refractivity contribution in [3.05, 3.63) is 65.1 Å². The van der Waals surface area contributed by atoms with Crippen LogP contribution in [0.3, 0.4) is 0 Å². The number of aryl methyl sites for hydroxylation is 1. The summed E-state index contributed by atoms with van der Waals surface area (Å²) in [5.41, 5.74) is 2.37. The largest absolute Gasteiger partial charge is 0.357 e. The van der Waals surface area contributed by atoms with Gasteiger partial charge in [-0.25, -0.2) is 9.67 Å². The van der Waals surface area contributed by atoms with E-state index < -0.39 is 0 Å². The van der Waals surface area contributed by atoms with Crippen molar-refractivity contribution in [3.8, 4) is 5.69 Å². The van der Waals surface area contributed by atoms with Crippen LogP contribution in [0.1, 0.15) is 28.9 Å². The van der Waals surface area contributed by atoms with Crippen molar-refractivity contribution in [3.63, 3.8) is 0 Å². The zero-order valence-electron chi connectivity index (χ0n) is 15.0. The van der Waals surface area contributed by atoms with Gasteiger partial charge in [-0.3, -0.25) is 4.79 Å². The molecule has 0 saturated carbocycles. The van der Waals surface area contributed by atoms with Crippen LogP contribution >= 0.6 is 11.6 Å². The summed E-state index contributed by atoms with van der Waals surface area (Å²) in [4.78, 5) is 19.5. The highest BCUT2D eigenvalue weighted by molar-refractivity contribution is 6.34. The first-order valence-corrected chi connectivity index (χ1v) is 9.34. The molecular formula is C20H20ClN5O. The lowest BCUT2D eigenvalue weighted by Crippen LogP contribution is -2.19. The first-order chi connectivity index (χ1) is 13.1. The molecule has 3 aromatic rings. The van der Waals surface area contributed by atoms with Crippen molar-refractivity contribution < 1.29 is 4.79 Å². The van der Waals surface area contributed by atoms with Gasteiger partial charge in [0.05, 0.1) is 23.3 Å². The minimum absolute atomic E-state index is 0.290. The quantitative estimate of drug-likeness (QED) is 0.739. The average Bonchev–Trinajstić information content (AvgIpc) is 3.31. The molecule has 1 saturated heterocycles. The van der Waals surface area contributed by atoms with Crippen LogP contribution in [0.25, 0.3) is 5.69 Å². The second-order valence-electron chi connectivity index (χ2n) is 6.55. The standard InChI is InChI=1S/C20H20ClN5O/c1-14-18(19(21)26(24-14)16-7-3-2-4-8-16)20(27)23-15-9-10-17(22-13-15)25-11-5-6-12-25/h2-4,7-10,13H,5-6,11-12H2,1H3,(H,23,27). The number of amides is 1. The van der Waals surface area contributed by atoms with Crippen LogP contribution in [-0.4, -0.2) is 33.8 Å². The number of nitrogens with zero attached hydrogens (tertiary/aromatic N) is 4. The number of pyridine rings is 1. The van der Waals surface area contributed by atoms with Gasteiger partial charge in [0.15, 0.2) is 0 Å². The topological polar surface area (TPSA) is 63.1 Å². The molecular weight excluding hydrogens is 362 g/mol. The number of aromatic nitrogens is 3. The number of nitrogens with one attached hydrogen (secondary N) is 1. The molecule has 27 heavy (non-hydrogen) atoms. The summed E-state index contributed by atoms with van der Waals surface area (Å²) in [6, 6.07) is 13.3. The predicted octanol–water partition coefficient (Wildman–Crippen LogP) is 4.08. The minimum Gasteiger partial charge on any atom is -0.357 e. The Labute approximate surface area is 162 Å². The van der Waals surface area contributed by atoms with E-state index in [9.17, 15) is 4.79 Å². The first kappa shape index (κ1) is 17.5. The van der Waals surface area contributed by atoms with Crippen LogP contribution < -0.4 is 10.2 Å². The van der Waals surface area contributed by atoms with E-state index in [0.29, 0.717) is 16.9 Å². The molecule has 1 aromatic carbocycles. The Morgan fingerprint density at radius 3 is 2.52 bits per heavy atom. The molecule has 0 unspecified atom stereocenters. The van der Waals surface area contributed by atoms with Crippen molar-refractivity contribution in [1.29, 1.82) is 0 Å². The molecule has 7 heteroatoms. The van der Waals surface area contributed by atoms with Crippen LogP contribution in [-0.2, 0) is 0 Å². The van der Waals surface area contributed by atoms with Gasteiger partial charge >= 0.3 is 0 Å². The molecule has 1 aliphatic rings. The summed E-state index contributed by atoms with van der Waals surface area (Å²) >= 11 is 6.45. The van der Waals surface area contributed by atoms with Gasteiger partial charge < -0.3 is 10.2 Å². The Hall–Kier alpha value is -2.86. The molecule has 0 radical (unpaired) electrons. The third-order valence-electron chi connectivity index (χ3n) is 4.67. The van der Waals surface area contributed by atoms with Crippen LogP contribution in [0.2, 0.25) is 5.15 Å². The second kappa shape index (κ2) is 7.40. The second-order valence-corrected chi connectivity index (χ2v) is 6.91. The van der Waals surface area contributed by atoms with Crippen molar-refractivity contribution in [2.75, 3.05) is 23.3 Å². The number of halogens is 1. The van der Waals surface area contributed by atoms with E-state index in [1.165, 1.54) is 12.8 Å². The number of carbonyl (C=O) groups is 1. The van der Waals surface area contributed by atoms with Gasteiger partial charge in [0.2, 0.25) is 0 Å². The Morgan fingerprint density at radius 1 is 1.11 bits per heavy atom. The maximum atomic E-state index is 12.8. The fraction of sp³-hybridized carbons (Fsp3) is 0.250. The van der Waals surface area contributed by atoms with Crippen molar-refractivity contribution in [2.24, 2.45) is 0 Å². The van der Waals surface area contributed by atoms with Crippen molar-refractivity contribution in [2.45, 2.75) is 19.8 Å². The summed E-state index contributed by atoms with van der Waals surface area (Å²) < 4.78 is 1.57. The zero-order valence-corrected chi connectivity index (χ0v) is 15.8. The number of rotatable bonds is 4. The molecule has 6 nitrogen and oxygen atoms in total. The fourth-order valence-electron chi connectivity index (χ4n) is 3.28. The van der Waals surface area contributed by atoms with Crippen LogP contribution in [0.15, 0.2) is 48.7 Å². The molecule has 0 aliphatic carbocycles. The summed E-state index contributed by atoms with van der Waals surface area (Å²) in [7, 11) is 0. The lowest BCUT2D eigenvalue weighted by atomic mass is 10.2. The Kier molecular flexibility index (Phi) is 4.81. The summed E-state index contributed by atoms with van der Waals surface area (Å²) in [6.45, 7) is 3.84. The molecule has 3 heterocycles.